The predicted molar refractivity (Wildman–Crippen MR) is 80.7 cm³/mol. The Balaban J connectivity index is 1.44. The molecule has 0 bridgehead atoms. The Labute approximate surface area is 120 Å². The fourth-order valence-corrected chi connectivity index (χ4v) is 4.46. The summed E-state index contributed by atoms with van der Waals surface area (Å²) in [4.78, 5) is 1.47. The molecule has 2 N–H and O–H groups in total. The molecule has 1 aliphatic carbocycles. The molecule has 2 aliphatic rings. The minimum atomic E-state index is -0.0330. The zero-order chi connectivity index (χ0) is 13.1. The van der Waals surface area contributed by atoms with Crippen LogP contribution in [0, 0.1) is 5.92 Å². The van der Waals surface area contributed by atoms with Crippen LogP contribution < -0.4 is 5.32 Å². The van der Waals surface area contributed by atoms with Crippen LogP contribution in [0.15, 0.2) is 29.2 Å². The van der Waals surface area contributed by atoms with Gasteiger partial charge in [0, 0.05) is 23.1 Å². The summed E-state index contributed by atoms with van der Waals surface area (Å²) in [5.41, 5.74) is 1.53. The largest absolute Gasteiger partial charge is 0.393 e. The highest BCUT2D eigenvalue weighted by molar-refractivity contribution is 7.99. The molecular weight excluding hydrogens is 254 g/mol. The molecule has 3 heteroatoms. The van der Waals surface area contributed by atoms with Gasteiger partial charge >= 0.3 is 0 Å². The zero-order valence-corrected chi connectivity index (χ0v) is 12.2. The molecule has 1 unspecified atom stereocenters. The van der Waals surface area contributed by atoms with Gasteiger partial charge < -0.3 is 10.4 Å². The Morgan fingerprint density at radius 3 is 2.74 bits per heavy atom. The van der Waals surface area contributed by atoms with Crippen LogP contribution in [0.1, 0.15) is 37.2 Å². The second-order valence-corrected chi connectivity index (χ2v) is 6.94. The minimum Gasteiger partial charge on any atom is -0.393 e. The summed E-state index contributed by atoms with van der Waals surface area (Å²) in [6.07, 6.45) is 4.33. The molecule has 0 amide bonds. The standard InChI is InChI=1S/C16H23NOS/c18-14-7-5-12(6-8-14)9-17-10-13-11-19-16-4-2-1-3-15(13)16/h1-4,12-14,17-18H,5-11H2. The first-order valence-corrected chi connectivity index (χ1v) is 8.42. The molecule has 1 fully saturated rings. The van der Waals surface area contributed by atoms with E-state index in [0.29, 0.717) is 5.92 Å². The molecule has 1 heterocycles. The van der Waals surface area contributed by atoms with E-state index in [1.165, 1.54) is 29.1 Å². The molecule has 3 rings (SSSR count). The summed E-state index contributed by atoms with van der Waals surface area (Å²) in [6.45, 7) is 2.22. The first-order chi connectivity index (χ1) is 9.33. The second-order valence-electron chi connectivity index (χ2n) is 5.88. The van der Waals surface area contributed by atoms with Crippen molar-refractivity contribution in [3.63, 3.8) is 0 Å². The lowest BCUT2D eigenvalue weighted by molar-refractivity contribution is 0.108. The van der Waals surface area contributed by atoms with E-state index in [0.717, 1.165) is 31.8 Å². The summed E-state index contributed by atoms with van der Waals surface area (Å²) in [6, 6.07) is 8.80. The smallest absolute Gasteiger partial charge is 0.0540 e. The van der Waals surface area contributed by atoms with Crippen molar-refractivity contribution in [2.24, 2.45) is 5.92 Å². The number of nitrogens with one attached hydrogen (secondary N) is 1. The third kappa shape index (κ3) is 3.33. The third-order valence-electron chi connectivity index (χ3n) is 4.44. The average Bonchev–Trinajstić information content (AvgIpc) is 2.85. The monoisotopic (exact) mass is 277 g/mol. The molecule has 1 aliphatic heterocycles. The molecule has 1 atom stereocenters. The van der Waals surface area contributed by atoms with Gasteiger partial charge in [0.2, 0.25) is 0 Å². The highest BCUT2D eigenvalue weighted by Crippen LogP contribution is 2.38. The van der Waals surface area contributed by atoms with Gasteiger partial charge in [0.15, 0.2) is 0 Å². The normalized spacial score (nSPS) is 30.3. The van der Waals surface area contributed by atoms with Gasteiger partial charge in [-0.1, -0.05) is 18.2 Å². The van der Waals surface area contributed by atoms with E-state index in [1.807, 2.05) is 11.8 Å². The van der Waals surface area contributed by atoms with Crippen LogP contribution >= 0.6 is 11.8 Å². The molecule has 1 saturated carbocycles. The van der Waals surface area contributed by atoms with Gasteiger partial charge in [0.1, 0.15) is 0 Å². The van der Waals surface area contributed by atoms with Crippen molar-refractivity contribution in [1.82, 2.24) is 5.32 Å². The molecular formula is C16H23NOS. The van der Waals surface area contributed by atoms with Crippen LogP contribution in [0.2, 0.25) is 0 Å². The van der Waals surface area contributed by atoms with Crippen LogP contribution in [0.5, 0.6) is 0 Å². The lowest BCUT2D eigenvalue weighted by Crippen LogP contribution is -2.30. The van der Waals surface area contributed by atoms with Crippen molar-refractivity contribution in [3.05, 3.63) is 29.8 Å². The Bertz CT molecular complexity index is 415. The molecule has 19 heavy (non-hydrogen) atoms. The second kappa shape index (κ2) is 6.29. The Hall–Kier alpha value is -0.510. The summed E-state index contributed by atoms with van der Waals surface area (Å²) < 4.78 is 0. The average molecular weight is 277 g/mol. The van der Waals surface area contributed by atoms with Crippen molar-refractivity contribution in [3.8, 4) is 0 Å². The maximum atomic E-state index is 9.51. The molecule has 2 nitrogen and oxygen atoms in total. The number of aliphatic hydroxyl groups excluding tert-OH is 1. The minimum absolute atomic E-state index is 0.0330. The molecule has 104 valence electrons. The quantitative estimate of drug-likeness (QED) is 0.887. The topological polar surface area (TPSA) is 32.3 Å². The SMILES string of the molecule is OC1CCC(CNCC2CSc3ccccc32)CC1. The highest BCUT2D eigenvalue weighted by Gasteiger charge is 2.23. The maximum Gasteiger partial charge on any atom is 0.0540 e. The molecule has 0 radical (unpaired) electrons. The summed E-state index contributed by atoms with van der Waals surface area (Å²) in [7, 11) is 0. The van der Waals surface area contributed by atoms with Crippen LogP contribution in [-0.2, 0) is 0 Å². The van der Waals surface area contributed by atoms with Gasteiger partial charge in [-0.05, 0) is 49.8 Å². The summed E-state index contributed by atoms with van der Waals surface area (Å²) in [5, 5.41) is 13.2. The van der Waals surface area contributed by atoms with E-state index < -0.39 is 0 Å². The van der Waals surface area contributed by atoms with E-state index in [2.05, 4.69) is 29.6 Å². The van der Waals surface area contributed by atoms with E-state index in [4.69, 9.17) is 0 Å². The van der Waals surface area contributed by atoms with Gasteiger partial charge in [-0.25, -0.2) is 0 Å². The molecule has 0 aromatic heterocycles. The van der Waals surface area contributed by atoms with Crippen LogP contribution in [0.4, 0.5) is 0 Å². The van der Waals surface area contributed by atoms with E-state index in [1.54, 1.807) is 0 Å². The number of fused-ring (bicyclic) bond motifs is 1. The fraction of sp³-hybridized carbons (Fsp3) is 0.625. The van der Waals surface area contributed by atoms with Gasteiger partial charge in [0.05, 0.1) is 6.10 Å². The maximum absolute atomic E-state index is 9.51. The number of thioether (sulfide) groups is 1. The van der Waals surface area contributed by atoms with Crippen molar-refractivity contribution in [2.75, 3.05) is 18.8 Å². The zero-order valence-electron chi connectivity index (χ0n) is 11.3. The van der Waals surface area contributed by atoms with Gasteiger partial charge in [-0.3, -0.25) is 0 Å². The Morgan fingerprint density at radius 2 is 1.89 bits per heavy atom. The van der Waals surface area contributed by atoms with Gasteiger partial charge in [0.25, 0.3) is 0 Å². The number of rotatable bonds is 4. The van der Waals surface area contributed by atoms with Crippen LogP contribution in [0.3, 0.4) is 0 Å². The predicted octanol–water partition coefficient (Wildman–Crippen LogP) is 3.02. The van der Waals surface area contributed by atoms with Crippen molar-refractivity contribution in [2.45, 2.75) is 42.6 Å². The first kappa shape index (κ1) is 13.5. The molecule has 1 aromatic rings. The lowest BCUT2D eigenvalue weighted by atomic mass is 9.87. The first-order valence-electron chi connectivity index (χ1n) is 7.43. The molecule has 0 spiro atoms. The summed E-state index contributed by atoms with van der Waals surface area (Å²) >= 11 is 1.99. The van der Waals surface area contributed by atoms with E-state index >= 15 is 0 Å². The van der Waals surface area contributed by atoms with Crippen molar-refractivity contribution >= 4 is 11.8 Å². The number of benzene rings is 1. The lowest BCUT2D eigenvalue weighted by Gasteiger charge is -2.26. The highest BCUT2D eigenvalue weighted by atomic mass is 32.2. The number of hydrogen-bond acceptors (Lipinski definition) is 3. The fourth-order valence-electron chi connectivity index (χ4n) is 3.21. The number of aliphatic hydroxyl groups is 1. The van der Waals surface area contributed by atoms with Crippen molar-refractivity contribution in [1.29, 1.82) is 0 Å². The van der Waals surface area contributed by atoms with Crippen LogP contribution in [-0.4, -0.2) is 30.1 Å². The Kier molecular flexibility index (Phi) is 4.46. The van der Waals surface area contributed by atoms with Gasteiger partial charge in [-0.15, -0.1) is 11.8 Å². The molecule has 1 aromatic carbocycles. The molecule has 0 saturated heterocycles. The summed E-state index contributed by atoms with van der Waals surface area (Å²) in [5.74, 6) is 2.67. The Morgan fingerprint density at radius 1 is 1.11 bits per heavy atom. The van der Waals surface area contributed by atoms with Gasteiger partial charge in [-0.2, -0.15) is 0 Å². The van der Waals surface area contributed by atoms with E-state index in [-0.39, 0.29) is 6.10 Å². The van der Waals surface area contributed by atoms with E-state index in [9.17, 15) is 5.11 Å². The van der Waals surface area contributed by atoms with Crippen LogP contribution in [0.25, 0.3) is 0 Å². The third-order valence-corrected chi connectivity index (χ3v) is 5.69. The van der Waals surface area contributed by atoms with Crippen molar-refractivity contribution < 1.29 is 5.11 Å². The number of hydrogen-bond donors (Lipinski definition) is 2.